The summed E-state index contributed by atoms with van der Waals surface area (Å²) in [4.78, 5) is 3.14. The Morgan fingerprint density at radius 2 is 1.78 bits per heavy atom. The number of aromatic amines is 1. The van der Waals surface area contributed by atoms with Crippen LogP contribution in [0.5, 0.6) is 0 Å². The zero-order valence-corrected chi connectivity index (χ0v) is 11.6. The average Bonchev–Trinajstić information content (AvgIpc) is 2.88. The van der Waals surface area contributed by atoms with E-state index in [9.17, 15) is 0 Å². The van der Waals surface area contributed by atoms with Gasteiger partial charge < -0.3 is 18.3 Å². The van der Waals surface area contributed by atoms with E-state index in [1.54, 1.807) is 21.3 Å². The second-order valence-electron chi connectivity index (χ2n) is 3.70. The van der Waals surface area contributed by atoms with Gasteiger partial charge in [0, 0.05) is 44.0 Å². The van der Waals surface area contributed by atoms with E-state index < -0.39 is 8.80 Å². The fraction of sp³-hybridized carbons (Fsp3) is 0.231. The van der Waals surface area contributed by atoms with Gasteiger partial charge in [-0.1, -0.05) is 5.92 Å². The second kappa shape index (κ2) is 5.37. The summed E-state index contributed by atoms with van der Waals surface area (Å²) < 4.78 is 15.7. The van der Waals surface area contributed by atoms with E-state index in [0.717, 1.165) is 16.5 Å². The molecule has 2 aromatic rings. The van der Waals surface area contributed by atoms with Crippen molar-refractivity contribution in [1.82, 2.24) is 4.98 Å². The number of rotatable bonds is 3. The maximum Gasteiger partial charge on any atom is 0.591 e. The molecule has 0 fully saturated rings. The van der Waals surface area contributed by atoms with E-state index in [0.29, 0.717) is 0 Å². The first kappa shape index (κ1) is 12.9. The van der Waals surface area contributed by atoms with Gasteiger partial charge in [-0.05, 0) is 29.8 Å². The van der Waals surface area contributed by atoms with Crippen LogP contribution >= 0.6 is 0 Å². The Balaban J connectivity index is 2.33. The molecule has 0 saturated carbocycles. The maximum atomic E-state index is 5.25. The molecule has 1 aromatic heterocycles. The van der Waals surface area contributed by atoms with Crippen LogP contribution in [0.1, 0.15) is 5.56 Å². The van der Waals surface area contributed by atoms with Gasteiger partial charge in [0.15, 0.2) is 0 Å². The van der Waals surface area contributed by atoms with Crippen LogP contribution in [0.2, 0.25) is 0 Å². The van der Waals surface area contributed by atoms with E-state index in [4.69, 9.17) is 13.3 Å². The highest BCUT2D eigenvalue weighted by Crippen LogP contribution is 2.14. The van der Waals surface area contributed by atoms with Gasteiger partial charge in [-0.3, -0.25) is 0 Å². The zero-order valence-electron chi connectivity index (χ0n) is 10.6. The Labute approximate surface area is 107 Å². The molecule has 0 spiro atoms. The lowest BCUT2D eigenvalue weighted by Crippen LogP contribution is -2.41. The summed E-state index contributed by atoms with van der Waals surface area (Å²) in [5.74, 6) is 3.04. The van der Waals surface area contributed by atoms with Gasteiger partial charge >= 0.3 is 8.80 Å². The molecule has 1 heterocycles. The van der Waals surface area contributed by atoms with Crippen molar-refractivity contribution in [2.45, 2.75) is 0 Å². The van der Waals surface area contributed by atoms with Crippen LogP contribution in [0.25, 0.3) is 10.9 Å². The molecule has 4 nitrogen and oxygen atoms in total. The lowest BCUT2D eigenvalue weighted by atomic mass is 10.2. The molecule has 0 amide bonds. The summed E-state index contributed by atoms with van der Waals surface area (Å²) in [6, 6.07) is 7.97. The molecular formula is C13H15NO3Si. The molecule has 0 saturated heterocycles. The summed E-state index contributed by atoms with van der Waals surface area (Å²) in [6.45, 7) is 0. The maximum absolute atomic E-state index is 5.25. The van der Waals surface area contributed by atoms with E-state index in [2.05, 4.69) is 16.4 Å². The molecule has 0 aliphatic heterocycles. The fourth-order valence-corrected chi connectivity index (χ4v) is 2.79. The van der Waals surface area contributed by atoms with Gasteiger partial charge in [0.25, 0.3) is 0 Å². The average molecular weight is 261 g/mol. The molecule has 94 valence electrons. The highest BCUT2D eigenvalue weighted by Gasteiger charge is 2.36. The molecule has 0 radical (unpaired) electrons. The van der Waals surface area contributed by atoms with Gasteiger partial charge in [0.2, 0.25) is 0 Å². The van der Waals surface area contributed by atoms with Crippen molar-refractivity contribution in [2.24, 2.45) is 0 Å². The molecule has 5 heteroatoms. The molecule has 2 rings (SSSR count). The molecular weight excluding hydrogens is 246 g/mol. The van der Waals surface area contributed by atoms with Crippen LogP contribution in [-0.4, -0.2) is 35.1 Å². The third kappa shape index (κ3) is 2.47. The van der Waals surface area contributed by atoms with Crippen LogP contribution in [0.15, 0.2) is 30.5 Å². The minimum atomic E-state index is -2.82. The van der Waals surface area contributed by atoms with Crippen molar-refractivity contribution in [3.63, 3.8) is 0 Å². The number of nitrogens with one attached hydrogen (secondary N) is 1. The largest absolute Gasteiger partial charge is 0.591 e. The summed E-state index contributed by atoms with van der Waals surface area (Å²) >= 11 is 0. The minimum Gasteiger partial charge on any atom is -0.367 e. The topological polar surface area (TPSA) is 43.5 Å². The van der Waals surface area contributed by atoms with Crippen LogP contribution in [0, 0.1) is 11.5 Å². The Bertz CT molecular complexity index is 585. The summed E-state index contributed by atoms with van der Waals surface area (Å²) in [6.07, 6.45) is 1.90. The van der Waals surface area contributed by atoms with E-state index >= 15 is 0 Å². The van der Waals surface area contributed by atoms with Gasteiger partial charge in [0.1, 0.15) is 0 Å². The first-order valence-electron chi connectivity index (χ1n) is 5.49. The molecule has 0 atom stereocenters. The van der Waals surface area contributed by atoms with Crippen molar-refractivity contribution in [3.05, 3.63) is 36.0 Å². The van der Waals surface area contributed by atoms with Crippen molar-refractivity contribution in [1.29, 1.82) is 0 Å². The minimum absolute atomic E-state index is 0.908. The van der Waals surface area contributed by atoms with Gasteiger partial charge in [0.05, 0.1) is 0 Å². The van der Waals surface area contributed by atoms with Crippen molar-refractivity contribution in [3.8, 4) is 11.5 Å². The fourth-order valence-electron chi connectivity index (χ4n) is 1.68. The Kier molecular flexibility index (Phi) is 3.84. The quantitative estimate of drug-likeness (QED) is 0.678. The highest BCUT2D eigenvalue weighted by molar-refractivity contribution is 6.69. The Morgan fingerprint density at radius 3 is 2.44 bits per heavy atom. The second-order valence-corrected chi connectivity index (χ2v) is 6.29. The van der Waals surface area contributed by atoms with Crippen molar-refractivity contribution in [2.75, 3.05) is 21.3 Å². The number of hydrogen-bond donors (Lipinski definition) is 1. The van der Waals surface area contributed by atoms with E-state index in [1.165, 1.54) is 0 Å². The molecule has 18 heavy (non-hydrogen) atoms. The van der Waals surface area contributed by atoms with Crippen molar-refractivity contribution >= 4 is 19.7 Å². The lowest BCUT2D eigenvalue weighted by molar-refractivity contribution is 0.141. The predicted octanol–water partition coefficient (Wildman–Crippen LogP) is 1.94. The number of benzene rings is 1. The number of hydrogen-bond acceptors (Lipinski definition) is 3. The molecule has 1 aromatic carbocycles. The summed E-state index contributed by atoms with van der Waals surface area (Å²) in [5, 5.41) is 1.13. The van der Waals surface area contributed by atoms with Crippen LogP contribution < -0.4 is 0 Å². The third-order valence-electron chi connectivity index (χ3n) is 2.72. The van der Waals surface area contributed by atoms with Crippen LogP contribution in [0.3, 0.4) is 0 Å². The Morgan fingerprint density at radius 1 is 1.06 bits per heavy atom. The predicted molar refractivity (Wildman–Crippen MR) is 72.0 cm³/mol. The van der Waals surface area contributed by atoms with Crippen molar-refractivity contribution < 1.29 is 13.3 Å². The zero-order chi connectivity index (χ0) is 13.0. The van der Waals surface area contributed by atoms with E-state index in [-0.39, 0.29) is 0 Å². The smallest absolute Gasteiger partial charge is 0.367 e. The summed E-state index contributed by atoms with van der Waals surface area (Å²) in [7, 11) is 1.81. The number of H-pyrrole nitrogens is 1. The first-order valence-corrected chi connectivity index (χ1v) is 7.21. The molecule has 0 aliphatic carbocycles. The van der Waals surface area contributed by atoms with Gasteiger partial charge in [-0.25, -0.2) is 0 Å². The van der Waals surface area contributed by atoms with Crippen LogP contribution in [-0.2, 0) is 13.3 Å². The molecule has 1 N–H and O–H groups in total. The van der Waals surface area contributed by atoms with Gasteiger partial charge in [-0.15, -0.1) is 0 Å². The Hall–Kier alpha value is -1.58. The normalized spacial score (nSPS) is 11.3. The SMILES string of the molecule is CO[Si](C#Cc1ccc2[nH]ccc2c1)(OC)OC. The number of aromatic nitrogens is 1. The summed E-state index contributed by atoms with van der Waals surface area (Å²) in [5.41, 5.74) is 4.97. The number of fused-ring (bicyclic) bond motifs is 1. The highest BCUT2D eigenvalue weighted by atomic mass is 28.4. The molecule has 0 aliphatic rings. The first-order chi connectivity index (χ1) is 8.73. The third-order valence-corrected chi connectivity index (χ3v) is 4.76. The molecule has 0 unspecified atom stereocenters. The molecule has 0 bridgehead atoms. The van der Waals surface area contributed by atoms with Gasteiger partial charge in [-0.2, -0.15) is 0 Å². The van der Waals surface area contributed by atoms with E-state index in [1.807, 2.05) is 30.5 Å². The monoisotopic (exact) mass is 261 g/mol. The standard InChI is InChI=1S/C13H15NO3Si/c1-15-18(16-2,17-3)9-7-11-4-5-13-12(10-11)6-8-14-13/h4-6,8,10,14H,1-3H3. The lowest BCUT2D eigenvalue weighted by Gasteiger charge is -2.17. The van der Waals surface area contributed by atoms with Crippen LogP contribution in [0.4, 0.5) is 0 Å².